The zero-order valence-corrected chi connectivity index (χ0v) is 23.9. The molecule has 0 aliphatic carbocycles. The van der Waals surface area contributed by atoms with Gasteiger partial charge in [0, 0.05) is 6.20 Å². The number of nitrogens with zero attached hydrogens (tertiary/aromatic N) is 2. The molecule has 0 spiro atoms. The molecule has 0 aliphatic rings. The summed E-state index contributed by atoms with van der Waals surface area (Å²) in [6.45, 7) is 6.86. The first-order valence-corrected chi connectivity index (χ1v) is 12.8. The van der Waals surface area contributed by atoms with Crippen LogP contribution in [0.25, 0.3) is 11.0 Å². The Bertz CT molecular complexity index is 1680. The number of nitrogens with one attached hydrogen (secondary N) is 3. The van der Waals surface area contributed by atoms with Crippen molar-refractivity contribution in [1.29, 1.82) is 5.41 Å². The number of hydrogen-bond acceptors (Lipinski definition) is 7. The minimum Gasteiger partial charge on any atom is -0.475 e. The lowest BCUT2D eigenvalue weighted by atomic mass is 9.91. The third kappa shape index (κ3) is 8.41. The van der Waals surface area contributed by atoms with Crippen molar-refractivity contribution >= 4 is 28.9 Å². The Balaban J connectivity index is 0.000000676. The van der Waals surface area contributed by atoms with Crippen molar-refractivity contribution in [1.82, 2.24) is 14.5 Å². The Labute approximate surface area is 246 Å². The normalized spacial score (nSPS) is 13.5. The monoisotopic (exact) mass is 629 g/mol. The van der Waals surface area contributed by atoms with Crippen LogP contribution in [0, 0.1) is 10.8 Å². The number of halogens is 6. The first kappa shape index (κ1) is 33.7. The van der Waals surface area contributed by atoms with Gasteiger partial charge in [-0.3, -0.25) is 14.8 Å². The summed E-state index contributed by atoms with van der Waals surface area (Å²) in [6.07, 6.45) is -6.56. The van der Waals surface area contributed by atoms with Gasteiger partial charge in [-0.05, 0) is 57.0 Å². The van der Waals surface area contributed by atoms with E-state index in [0.29, 0.717) is 17.6 Å². The van der Waals surface area contributed by atoms with Crippen molar-refractivity contribution in [2.75, 3.05) is 11.9 Å². The molecule has 2 heterocycles. The molecule has 4 aromatic rings. The Morgan fingerprint density at radius 1 is 1.05 bits per heavy atom. The number of aliphatic carboxylic acids is 1. The summed E-state index contributed by atoms with van der Waals surface area (Å²) in [5.41, 5.74) is -0.461. The molecule has 1 unspecified atom stereocenters. The number of imidazole rings is 1. The molecule has 0 aliphatic heterocycles. The van der Waals surface area contributed by atoms with Crippen molar-refractivity contribution in [2.24, 2.45) is 5.41 Å². The van der Waals surface area contributed by atoms with Gasteiger partial charge in [-0.25, -0.2) is 9.78 Å². The zero-order valence-electron chi connectivity index (χ0n) is 23.9. The molecule has 0 amide bonds. The highest BCUT2D eigenvalue weighted by Gasteiger charge is 2.38. The van der Waals surface area contributed by atoms with Gasteiger partial charge >= 0.3 is 24.3 Å². The maximum absolute atomic E-state index is 13.5. The lowest BCUT2D eigenvalue weighted by Gasteiger charge is -2.32. The summed E-state index contributed by atoms with van der Waals surface area (Å²) >= 11 is 0. The van der Waals surface area contributed by atoms with Crippen molar-refractivity contribution < 1.29 is 50.2 Å². The number of carboxylic acids is 1. The van der Waals surface area contributed by atoms with E-state index in [-0.39, 0.29) is 23.8 Å². The lowest BCUT2D eigenvalue weighted by Crippen LogP contribution is -2.40. The summed E-state index contributed by atoms with van der Waals surface area (Å²) < 4.78 is 84.4. The second-order valence-corrected chi connectivity index (χ2v) is 10.9. The molecule has 0 radical (unpaired) electrons. The number of H-pyrrole nitrogens is 1. The van der Waals surface area contributed by atoms with Gasteiger partial charge < -0.3 is 24.6 Å². The van der Waals surface area contributed by atoms with Crippen LogP contribution in [0.4, 0.5) is 32.3 Å². The van der Waals surface area contributed by atoms with Crippen LogP contribution >= 0.6 is 0 Å². The molecule has 16 heteroatoms. The molecular weight excluding hydrogens is 600 g/mol. The molecule has 2 aromatic carbocycles. The average molecular weight is 630 g/mol. The van der Waals surface area contributed by atoms with E-state index in [4.69, 9.17) is 24.5 Å². The molecule has 0 bridgehead atoms. The second-order valence-electron chi connectivity index (χ2n) is 10.9. The average Bonchev–Trinajstić information content (AvgIpc) is 3.51. The molecule has 0 fully saturated rings. The number of fused-ring (bicyclic) bond motifs is 1. The first-order valence-electron chi connectivity index (χ1n) is 12.8. The molecule has 2 aromatic heterocycles. The van der Waals surface area contributed by atoms with Crippen LogP contribution < -0.4 is 11.0 Å². The Morgan fingerprint density at radius 2 is 1.66 bits per heavy atom. The van der Waals surface area contributed by atoms with E-state index in [1.807, 2.05) is 18.2 Å². The summed E-state index contributed by atoms with van der Waals surface area (Å²) in [7, 11) is 0. The number of carbonyl (C=O) groups is 2. The van der Waals surface area contributed by atoms with E-state index in [9.17, 15) is 31.1 Å². The van der Waals surface area contributed by atoms with Gasteiger partial charge in [0.05, 0.1) is 34.1 Å². The molecular formula is C28H29F6N5O5. The third-order valence-corrected chi connectivity index (χ3v) is 6.19. The molecule has 44 heavy (non-hydrogen) atoms. The van der Waals surface area contributed by atoms with Crippen LogP contribution in [0.5, 0.6) is 0 Å². The summed E-state index contributed by atoms with van der Waals surface area (Å²) in [5.74, 6) is -2.95. The van der Waals surface area contributed by atoms with E-state index >= 15 is 0 Å². The molecule has 0 saturated carbocycles. The van der Waals surface area contributed by atoms with Crippen LogP contribution in [0.3, 0.4) is 0 Å². The van der Waals surface area contributed by atoms with Gasteiger partial charge in [0.2, 0.25) is 5.95 Å². The largest absolute Gasteiger partial charge is 0.490 e. The number of rotatable bonds is 7. The van der Waals surface area contributed by atoms with Gasteiger partial charge in [0.25, 0.3) is 5.68 Å². The first-order chi connectivity index (χ1) is 20.2. The zero-order chi connectivity index (χ0) is 33.1. The number of ether oxygens (including phenoxy) is 1. The number of benzene rings is 2. The highest BCUT2D eigenvalue weighted by molar-refractivity contribution is 5.81. The van der Waals surface area contributed by atoms with Gasteiger partial charge in [-0.2, -0.15) is 26.3 Å². The van der Waals surface area contributed by atoms with Crippen molar-refractivity contribution in [2.45, 2.75) is 52.1 Å². The van der Waals surface area contributed by atoms with Crippen molar-refractivity contribution in [3.63, 3.8) is 0 Å². The standard InChI is InChI=1S/C26H28F3N5O3.C2HF3O2/c1-24(2,3)21(35)37-15-25(4,17-8-6-9-18(13-17)26(27,28)29)33-23-31-19-10-5-7-16(20(19)32-23)14-34-11-12-36-22(34)30;3-2(4,5)1(6)7/h5-13,30H,14-15H2,1-4H3,(H2,31,32,33);(H,6,7). The van der Waals surface area contributed by atoms with Crippen LogP contribution in [-0.2, 0) is 32.6 Å². The maximum Gasteiger partial charge on any atom is 0.490 e. The lowest BCUT2D eigenvalue weighted by molar-refractivity contribution is -0.192. The molecule has 1 atom stereocenters. The number of para-hydroxylation sites is 1. The Hall–Kier alpha value is -4.76. The predicted molar refractivity (Wildman–Crippen MR) is 144 cm³/mol. The Morgan fingerprint density at radius 3 is 2.20 bits per heavy atom. The molecule has 0 saturated heterocycles. The van der Waals surface area contributed by atoms with Crippen LogP contribution in [0.1, 0.15) is 44.4 Å². The number of alkyl halides is 6. The minimum absolute atomic E-state index is 0.0105. The van der Waals surface area contributed by atoms with Gasteiger partial charge in [-0.1, -0.05) is 24.3 Å². The van der Waals surface area contributed by atoms with E-state index in [0.717, 1.165) is 17.7 Å². The topological polar surface area (TPSA) is 146 Å². The minimum atomic E-state index is -5.08. The number of hydrogen-bond donors (Lipinski definition) is 4. The Kier molecular flexibility index (Phi) is 9.55. The summed E-state index contributed by atoms with van der Waals surface area (Å²) in [6, 6.07) is 10.4. The highest BCUT2D eigenvalue weighted by atomic mass is 19.4. The predicted octanol–water partition coefficient (Wildman–Crippen LogP) is 6.05. The SMILES string of the molecule is CC(C)(C)C(=O)OCC(C)(Nc1nc2c(Cn3ccoc3=N)cccc2[nH]1)c1cccc(C(F)(F)F)c1.O=C(O)C(F)(F)F. The number of aromatic nitrogens is 3. The molecule has 10 nitrogen and oxygen atoms in total. The second kappa shape index (κ2) is 12.5. The number of oxazole rings is 1. The number of anilines is 1. The smallest absolute Gasteiger partial charge is 0.475 e. The third-order valence-electron chi connectivity index (χ3n) is 6.19. The summed E-state index contributed by atoms with van der Waals surface area (Å²) in [4.78, 5) is 29.2. The maximum atomic E-state index is 13.5. The van der Waals surface area contributed by atoms with Crippen LogP contribution in [0.15, 0.2) is 59.3 Å². The highest BCUT2D eigenvalue weighted by Crippen LogP contribution is 2.34. The van der Waals surface area contributed by atoms with Crippen molar-refractivity contribution in [3.05, 3.63) is 77.3 Å². The van der Waals surface area contributed by atoms with Crippen molar-refractivity contribution in [3.8, 4) is 0 Å². The molecule has 4 N–H and O–H groups in total. The molecule has 4 rings (SSSR count). The number of aromatic amines is 1. The molecule has 238 valence electrons. The fourth-order valence-corrected chi connectivity index (χ4v) is 3.81. The van der Waals surface area contributed by atoms with E-state index < -0.39 is 40.8 Å². The van der Waals surface area contributed by atoms with Crippen LogP contribution in [0.2, 0.25) is 0 Å². The fourth-order valence-electron chi connectivity index (χ4n) is 3.81. The number of carboxylic acid groups (broad SMARTS) is 1. The fraction of sp³-hybridized carbons (Fsp3) is 0.357. The van der Waals surface area contributed by atoms with Gasteiger partial charge in [0.15, 0.2) is 0 Å². The number of carbonyl (C=O) groups excluding carboxylic acids is 1. The van der Waals surface area contributed by atoms with E-state index in [2.05, 4.69) is 15.3 Å². The number of esters is 1. The summed E-state index contributed by atoms with van der Waals surface area (Å²) in [5, 5.41) is 18.1. The van der Waals surface area contributed by atoms with E-state index in [1.165, 1.54) is 12.3 Å². The van der Waals surface area contributed by atoms with Gasteiger partial charge in [0.1, 0.15) is 12.9 Å². The van der Waals surface area contributed by atoms with Gasteiger partial charge in [-0.15, -0.1) is 0 Å². The quantitative estimate of drug-likeness (QED) is 0.144. The van der Waals surface area contributed by atoms with Crippen LogP contribution in [-0.4, -0.2) is 44.4 Å². The van der Waals surface area contributed by atoms with E-state index in [1.54, 1.807) is 44.5 Å².